The van der Waals surface area contributed by atoms with Gasteiger partial charge in [-0.05, 0) is 36.4 Å². The minimum Gasteiger partial charge on any atom is -0.497 e. The first-order valence-corrected chi connectivity index (χ1v) is 6.15. The highest BCUT2D eigenvalue weighted by molar-refractivity contribution is 5.58. The number of hydrogen-bond acceptors (Lipinski definition) is 5. The molecule has 0 aliphatic rings. The lowest BCUT2D eigenvalue weighted by atomic mass is 10.2. The van der Waals surface area contributed by atoms with E-state index < -0.39 is 0 Å². The lowest BCUT2D eigenvalue weighted by molar-refractivity contribution is 0.415. The highest BCUT2D eigenvalue weighted by Crippen LogP contribution is 2.22. The van der Waals surface area contributed by atoms with E-state index in [4.69, 9.17) is 9.26 Å². The van der Waals surface area contributed by atoms with Gasteiger partial charge in [-0.15, -0.1) is 0 Å². The van der Waals surface area contributed by atoms with Crippen LogP contribution in [-0.4, -0.2) is 17.3 Å². The van der Waals surface area contributed by atoms with E-state index in [9.17, 15) is 0 Å². The van der Waals surface area contributed by atoms with E-state index in [-0.39, 0.29) is 0 Å². The van der Waals surface area contributed by atoms with Crippen molar-refractivity contribution in [1.29, 1.82) is 0 Å². The molecule has 5 nitrogen and oxygen atoms in total. The zero-order valence-corrected chi connectivity index (χ0v) is 10.9. The summed E-state index contributed by atoms with van der Waals surface area (Å²) in [5.41, 5.74) is 1.77. The Morgan fingerprint density at radius 1 is 1.00 bits per heavy atom. The van der Waals surface area contributed by atoms with Crippen LogP contribution in [0.15, 0.2) is 59.1 Å². The normalized spacial score (nSPS) is 10.2. The molecule has 0 aliphatic heterocycles. The molecule has 0 amide bonds. The van der Waals surface area contributed by atoms with Crippen LogP contribution in [0.25, 0.3) is 11.4 Å². The maximum atomic E-state index is 5.18. The van der Waals surface area contributed by atoms with Crippen LogP contribution in [0.1, 0.15) is 0 Å². The summed E-state index contributed by atoms with van der Waals surface area (Å²) in [6.07, 6.45) is 0. The van der Waals surface area contributed by atoms with Crippen LogP contribution in [0.3, 0.4) is 0 Å². The lowest BCUT2D eigenvalue weighted by Crippen LogP contribution is -1.89. The third-order valence-electron chi connectivity index (χ3n) is 2.80. The van der Waals surface area contributed by atoms with Crippen molar-refractivity contribution in [3.8, 4) is 17.1 Å². The van der Waals surface area contributed by atoms with Crippen molar-refractivity contribution >= 4 is 11.7 Å². The predicted octanol–water partition coefficient (Wildman–Crippen LogP) is 3.49. The summed E-state index contributed by atoms with van der Waals surface area (Å²) >= 11 is 0. The molecule has 3 rings (SSSR count). The second kappa shape index (κ2) is 5.44. The van der Waals surface area contributed by atoms with Gasteiger partial charge in [-0.25, -0.2) is 0 Å². The third kappa shape index (κ3) is 2.61. The van der Waals surface area contributed by atoms with Crippen molar-refractivity contribution in [2.24, 2.45) is 0 Å². The monoisotopic (exact) mass is 267 g/mol. The minimum absolute atomic E-state index is 0.363. The van der Waals surface area contributed by atoms with Gasteiger partial charge in [-0.2, -0.15) is 4.98 Å². The Bertz CT molecular complexity index is 678. The van der Waals surface area contributed by atoms with Crippen LogP contribution >= 0.6 is 0 Å². The van der Waals surface area contributed by atoms with Crippen molar-refractivity contribution in [2.75, 3.05) is 12.4 Å². The summed E-state index contributed by atoms with van der Waals surface area (Å²) in [6, 6.07) is 17.5. The topological polar surface area (TPSA) is 60.2 Å². The van der Waals surface area contributed by atoms with E-state index in [0.29, 0.717) is 11.8 Å². The first-order chi connectivity index (χ1) is 9.85. The molecule has 1 N–H and O–H groups in total. The van der Waals surface area contributed by atoms with Gasteiger partial charge in [-0.1, -0.05) is 23.4 Å². The molecule has 0 fully saturated rings. The fraction of sp³-hybridized carbons (Fsp3) is 0.0667. The second-order valence-electron chi connectivity index (χ2n) is 4.14. The molecule has 0 unspecified atom stereocenters. The summed E-state index contributed by atoms with van der Waals surface area (Å²) in [5, 5.41) is 7.00. The maximum absolute atomic E-state index is 5.18. The molecular weight excluding hydrogens is 254 g/mol. The van der Waals surface area contributed by atoms with Crippen molar-refractivity contribution < 1.29 is 9.26 Å². The van der Waals surface area contributed by atoms with Crippen molar-refractivity contribution in [3.63, 3.8) is 0 Å². The third-order valence-corrected chi connectivity index (χ3v) is 2.80. The molecule has 5 heteroatoms. The van der Waals surface area contributed by atoms with Gasteiger partial charge in [-0.3, -0.25) is 0 Å². The number of ether oxygens (including phenoxy) is 1. The quantitative estimate of drug-likeness (QED) is 0.784. The summed E-state index contributed by atoms with van der Waals surface area (Å²) in [6.45, 7) is 0. The van der Waals surface area contributed by atoms with Gasteiger partial charge in [0.1, 0.15) is 5.75 Å². The van der Waals surface area contributed by atoms with Gasteiger partial charge in [0.25, 0.3) is 0 Å². The van der Waals surface area contributed by atoms with Crippen molar-refractivity contribution in [2.45, 2.75) is 0 Å². The SMILES string of the molecule is COc1ccc(-c2noc(Nc3ccccc3)n2)cc1. The van der Waals surface area contributed by atoms with Crippen LogP contribution in [-0.2, 0) is 0 Å². The smallest absolute Gasteiger partial charge is 0.326 e. The Kier molecular flexibility index (Phi) is 3.33. The molecule has 1 aromatic heterocycles. The Labute approximate surface area is 116 Å². The van der Waals surface area contributed by atoms with E-state index in [0.717, 1.165) is 17.0 Å². The van der Waals surface area contributed by atoms with E-state index >= 15 is 0 Å². The zero-order chi connectivity index (χ0) is 13.8. The Hall–Kier alpha value is -2.82. The second-order valence-corrected chi connectivity index (χ2v) is 4.14. The van der Waals surface area contributed by atoms with E-state index in [1.165, 1.54) is 0 Å². The van der Waals surface area contributed by atoms with Crippen LogP contribution in [0.5, 0.6) is 5.75 Å². The molecule has 2 aromatic carbocycles. The average molecular weight is 267 g/mol. The van der Waals surface area contributed by atoms with Gasteiger partial charge < -0.3 is 14.6 Å². The van der Waals surface area contributed by atoms with Gasteiger partial charge in [0.05, 0.1) is 7.11 Å². The molecule has 100 valence electrons. The van der Waals surface area contributed by atoms with E-state index in [2.05, 4.69) is 15.5 Å². The summed E-state index contributed by atoms with van der Waals surface area (Å²) in [7, 11) is 1.63. The molecule has 0 saturated carbocycles. The number of methoxy groups -OCH3 is 1. The number of rotatable bonds is 4. The number of anilines is 2. The highest BCUT2D eigenvalue weighted by atomic mass is 16.5. The molecule has 0 spiro atoms. The fourth-order valence-corrected chi connectivity index (χ4v) is 1.78. The van der Waals surface area contributed by atoms with Gasteiger partial charge in [0.15, 0.2) is 0 Å². The number of benzene rings is 2. The minimum atomic E-state index is 0.363. The standard InChI is InChI=1S/C15H13N3O2/c1-19-13-9-7-11(8-10-13)14-17-15(20-18-14)16-12-5-3-2-4-6-12/h2-10H,1H3,(H,16,17,18). The molecule has 0 radical (unpaired) electrons. The molecule has 3 aromatic rings. The van der Waals surface area contributed by atoms with Gasteiger partial charge in [0.2, 0.25) is 5.82 Å². The Morgan fingerprint density at radius 3 is 2.45 bits per heavy atom. The predicted molar refractivity (Wildman–Crippen MR) is 76.0 cm³/mol. The van der Waals surface area contributed by atoms with Crippen LogP contribution in [0.4, 0.5) is 11.7 Å². The number of nitrogens with one attached hydrogen (secondary N) is 1. The largest absolute Gasteiger partial charge is 0.497 e. The first-order valence-electron chi connectivity index (χ1n) is 6.15. The molecule has 0 saturated heterocycles. The van der Waals surface area contributed by atoms with E-state index in [1.54, 1.807) is 7.11 Å². The molecule has 1 heterocycles. The number of para-hydroxylation sites is 1. The molecular formula is C15H13N3O2. The molecule has 0 atom stereocenters. The summed E-state index contributed by atoms with van der Waals surface area (Å²) in [4.78, 5) is 4.30. The molecule has 0 bridgehead atoms. The van der Waals surface area contributed by atoms with Crippen molar-refractivity contribution in [1.82, 2.24) is 10.1 Å². The Morgan fingerprint density at radius 2 is 1.75 bits per heavy atom. The highest BCUT2D eigenvalue weighted by Gasteiger charge is 2.08. The zero-order valence-electron chi connectivity index (χ0n) is 10.9. The summed E-state index contributed by atoms with van der Waals surface area (Å²) < 4.78 is 10.3. The number of hydrogen-bond donors (Lipinski definition) is 1. The maximum Gasteiger partial charge on any atom is 0.326 e. The average Bonchev–Trinajstić information content (AvgIpc) is 2.97. The summed E-state index contributed by atoms with van der Waals surface area (Å²) in [5.74, 6) is 1.32. The van der Waals surface area contributed by atoms with Crippen LogP contribution in [0.2, 0.25) is 0 Å². The van der Waals surface area contributed by atoms with Crippen LogP contribution in [0, 0.1) is 0 Å². The molecule has 20 heavy (non-hydrogen) atoms. The van der Waals surface area contributed by atoms with Gasteiger partial charge in [0, 0.05) is 11.3 Å². The first kappa shape index (κ1) is 12.2. The van der Waals surface area contributed by atoms with Crippen molar-refractivity contribution in [3.05, 3.63) is 54.6 Å². The van der Waals surface area contributed by atoms with Crippen LogP contribution < -0.4 is 10.1 Å². The Balaban J connectivity index is 1.79. The fourth-order valence-electron chi connectivity index (χ4n) is 1.78. The lowest BCUT2D eigenvalue weighted by Gasteiger charge is -1.99. The van der Waals surface area contributed by atoms with Gasteiger partial charge >= 0.3 is 6.01 Å². The van der Waals surface area contributed by atoms with E-state index in [1.807, 2.05) is 54.6 Å². The number of nitrogens with zero attached hydrogens (tertiary/aromatic N) is 2. The number of aromatic nitrogens is 2. The molecule has 0 aliphatic carbocycles.